The Morgan fingerprint density at radius 2 is 2.00 bits per heavy atom. The highest BCUT2D eigenvalue weighted by atomic mass is 16.5. The number of hydrogen-bond acceptors (Lipinski definition) is 3. The standard InChI is InChI=1S/C15H21NO2/c1-12-7-3-4-8-14(12)15(17)18-13(2)11-16-9-5-6-10-16/h3-4,7-8,13H,5-6,9-11H2,1-2H3/t13-/m1/s1. The Morgan fingerprint density at radius 1 is 1.33 bits per heavy atom. The first-order valence-corrected chi connectivity index (χ1v) is 6.66. The molecule has 1 aliphatic rings. The number of rotatable bonds is 4. The number of hydrogen-bond donors (Lipinski definition) is 0. The summed E-state index contributed by atoms with van der Waals surface area (Å²) in [5, 5.41) is 0. The number of likely N-dealkylation sites (tertiary alicyclic amines) is 1. The summed E-state index contributed by atoms with van der Waals surface area (Å²) in [4.78, 5) is 14.4. The third-order valence-corrected chi connectivity index (χ3v) is 3.39. The molecule has 1 atom stereocenters. The van der Waals surface area contributed by atoms with E-state index in [4.69, 9.17) is 4.74 Å². The molecular formula is C15H21NO2. The van der Waals surface area contributed by atoms with Crippen LogP contribution in [-0.4, -0.2) is 36.6 Å². The summed E-state index contributed by atoms with van der Waals surface area (Å²) in [5.41, 5.74) is 1.64. The number of benzene rings is 1. The van der Waals surface area contributed by atoms with Crippen molar-refractivity contribution in [3.63, 3.8) is 0 Å². The summed E-state index contributed by atoms with van der Waals surface area (Å²) in [6.45, 7) is 7.01. The van der Waals surface area contributed by atoms with E-state index < -0.39 is 0 Å². The Labute approximate surface area is 109 Å². The van der Waals surface area contributed by atoms with Crippen molar-refractivity contribution in [3.05, 3.63) is 35.4 Å². The maximum atomic E-state index is 12.0. The van der Waals surface area contributed by atoms with E-state index in [1.807, 2.05) is 38.1 Å². The van der Waals surface area contributed by atoms with E-state index in [-0.39, 0.29) is 12.1 Å². The molecule has 1 aromatic carbocycles. The van der Waals surface area contributed by atoms with Crippen molar-refractivity contribution in [2.45, 2.75) is 32.8 Å². The first-order chi connectivity index (χ1) is 8.66. The van der Waals surface area contributed by atoms with Crippen LogP contribution in [0.4, 0.5) is 0 Å². The van der Waals surface area contributed by atoms with Crippen molar-refractivity contribution in [1.29, 1.82) is 0 Å². The minimum absolute atomic E-state index is 0.0461. The van der Waals surface area contributed by atoms with Gasteiger partial charge in [0.1, 0.15) is 6.10 Å². The number of nitrogens with zero attached hydrogens (tertiary/aromatic N) is 1. The van der Waals surface area contributed by atoms with Crippen LogP contribution in [0.1, 0.15) is 35.7 Å². The van der Waals surface area contributed by atoms with Crippen LogP contribution in [0, 0.1) is 6.92 Å². The molecule has 0 spiro atoms. The van der Waals surface area contributed by atoms with E-state index in [1.165, 1.54) is 12.8 Å². The first kappa shape index (κ1) is 13.1. The highest BCUT2D eigenvalue weighted by Gasteiger charge is 2.18. The van der Waals surface area contributed by atoms with Crippen LogP contribution >= 0.6 is 0 Å². The number of carbonyl (C=O) groups excluding carboxylic acids is 1. The number of ether oxygens (including phenoxy) is 1. The molecular weight excluding hydrogens is 226 g/mol. The molecule has 0 aliphatic carbocycles. The Balaban J connectivity index is 1.88. The van der Waals surface area contributed by atoms with Crippen molar-refractivity contribution >= 4 is 5.97 Å². The van der Waals surface area contributed by atoms with Crippen LogP contribution in [0.5, 0.6) is 0 Å². The van der Waals surface area contributed by atoms with Gasteiger partial charge in [-0.2, -0.15) is 0 Å². The average Bonchev–Trinajstić information content (AvgIpc) is 2.82. The second-order valence-corrected chi connectivity index (χ2v) is 5.04. The van der Waals surface area contributed by atoms with Gasteiger partial charge in [-0.25, -0.2) is 4.79 Å². The number of carbonyl (C=O) groups is 1. The third-order valence-electron chi connectivity index (χ3n) is 3.39. The third kappa shape index (κ3) is 3.33. The quantitative estimate of drug-likeness (QED) is 0.766. The molecule has 1 aliphatic heterocycles. The van der Waals surface area contributed by atoms with Gasteiger partial charge < -0.3 is 4.74 Å². The fourth-order valence-corrected chi connectivity index (χ4v) is 2.41. The second-order valence-electron chi connectivity index (χ2n) is 5.04. The maximum absolute atomic E-state index is 12.0. The zero-order chi connectivity index (χ0) is 13.0. The van der Waals surface area contributed by atoms with Crippen molar-refractivity contribution in [2.75, 3.05) is 19.6 Å². The van der Waals surface area contributed by atoms with Crippen molar-refractivity contribution in [3.8, 4) is 0 Å². The van der Waals surface area contributed by atoms with Crippen LogP contribution in [0.3, 0.4) is 0 Å². The van der Waals surface area contributed by atoms with Gasteiger partial charge >= 0.3 is 5.97 Å². The zero-order valence-corrected chi connectivity index (χ0v) is 11.2. The summed E-state index contributed by atoms with van der Waals surface area (Å²) < 4.78 is 5.50. The van der Waals surface area contributed by atoms with Gasteiger partial charge in [-0.1, -0.05) is 18.2 Å². The summed E-state index contributed by atoms with van der Waals surface area (Å²) >= 11 is 0. The molecule has 1 aromatic rings. The Kier molecular flexibility index (Phi) is 4.37. The minimum atomic E-state index is -0.209. The van der Waals surface area contributed by atoms with Gasteiger partial charge in [0.05, 0.1) is 5.56 Å². The predicted molar refractivity (Wildman–Crippen MR) is 71.7 cm³/mol. The topological polar surface area (TPSA) is 29.5 Å². The van der Waals surface area contributed by atoms with Crippen LogP contribution in [0.2, 0.25) is 0 Å². The maximum Gasteiger partial charge on any atom is 0.338 e. The molecule has 1 heterocycles. The molecule has 0 saturated carbocycles. The fraction of sp³-hybridized carbons (Fsp3) is 0.533. The molecule has 0 aromatic heterocycles. The lowest BCUT2D eigenvalue weighted by atomic mass is 10.1. The molecule has 0 amide bonds. The molecule has 0 N–H and O–H groups in total. The van der Waals surface area contributed by atoms with Gasteiger partial charge in [-0.05, 0) is 51.4 Å². The van der Waals surface area contributed by atoms with E-state index in [1.54, 1.807) is 0 Å². The Morgan fingerprint density at radius 3 is 2.67 bits per heavy atom. The van der Waals surface area contributed by atoms with E-state index in [0.717, 1.165) is 25.2 Å². The van der Waals surface area contributed by atoms with Gasteiger partial charge in [0.2, 0.25) is 0 Å². The summed E-state index contributed by atoms with van der Waals surface area (Å²) in [7, 11) is 0. The Hall–Kier alpha value is -1.35. The Bertz CT molecular complexity index is 411. The SMILES string of the molecule is Cc1ccccc1C(=O)O[C@H](C)CN1CCCC1. The largest absolute Gasteiger partial charge is 0.458 e. The average molecular weight is 247 g/mol. The van der Waals surface area contributed by atoms with E-state index in [9.17, 15) is 4.79 Å². The van der Waals surface area contributed by atoms with Gasteiger partial charge in [0.25, 0.3) is 0 Å². The minimum Gasteiger partial charge on any atom is -0.458 e. The number of aryl methyl sites for hydroxylation is 1. The first-order valence-electron chi connectivity index (χ1n) is 6.66. The van der Waals surface area contributed by atoms with Crippen molar-refractivity contribution in [2.24, 2.45) is 0 Å². The molecule has 98 valence electrons. The van der Waals surface area contributed by atoms with Crippen LogP contribution in [-0.2, 0) is 4.74 Å². The molecule has 1 fully saturated rings. The van der Waals surface area contributed by atoms with Crippen LogP contribution in [0.25, 0.3) is 0 Å². The smallest absolute Gasteiger partial charge is 0.338 e. The van der Waals surface area contributed by atoms with E-state index in [0.29, 0.717) is 5.56 Å². The van der Waals surface area contributed by atoms with E-state index in [2.05, 4.69) is 4.90 Å². The summed E-state index contributed by atoms with van der Waals surface area (Å²) in [5.74, 6) is -0.209. The fourth-order valence-electron chi connectivity index (χ4n) is 2.41. The van der Waals surface area contributed by atoms with Crippen LogP contribution < -0.4 is 0 Å². The van der Waals surface area contributed by atoms with Gasteiger partial charge in [0, 0.05) is 6.54 Å². The normalized spacial score (nSPS) is 17.7. The molecule has 0 unspecified atom stereocenters. The van der Waals surface area contributed by atoms with Crippen LogP contribution in [0.15, 0.2) is 24.3 Å². The van der Waals surface area contributed by atoms with Gasteiger partial charge in [-0.15, -0.1) is 0 Å². The molecule has 3 heteroatoms. The van der Waals surface area contributed by atoms with E-state index >= 15 is 0 Å². The lowest BCUT2D eigenvalue weighted by Crippen LogP contribution is -2.31. The van der Waals surface area contributed by atoms with Gasteiger partial charge in [-0.3, -0.25) is 4.90 Å². The number of esters is 1. The molecule has 3 nitrogen and oxygen atoms in total. The highest BCUT2D eigenvalue weighted by molar-refractivity contribution is 5.91. The van der Waals surface area contributed by atoms with Crippen molar-refractivity contribution < 1.29 is 9.53 Å². The lowest BCUT2D eigenvalue weighted by molar-refractivity contribution is 0.0270. The van der Waals surface area contributed by atoms with Gasteiger partial charge in [0.15, 0.2) is 0 Å². The summed E-state index contributed by atoms with van der Waals surface area (Å²) in [6, 6.07) is 7.55. The molecule has 0 bridgehead atoms. The molecule has 2 rings (SSSR count). The molecule has 0 radical (unpaired) electrons. The highest BCUT2D eigenvalue weighted by Crippen LogP contribution is 2.12. The second kappa shape index (κ2) is 6.01. The molecule has 1 saturated heterocycles. The monoisotopic (exact) mass is 247 g/mol. The zero-order valence-electron chi connectivity index (χ0n) is 11.2. The summed E-state index contributed by atoms with van der Waals surface area (Å²) in [6.07, 6.45) is 2.48. The lowest BCUT2D eigenvalue weighted by Gasteiger charge is -2.20. The molecule has 18 heavy (non-hydrogen) atoms. The predicted octanol–water partition coefficient (Wildman–Crippen LogP) is 2.64. The van der Waals surface area contributed by atoms with Crippen molar-refractivity contribution in [1.82, 2.24) is 4.90 Å².